The molecule has 0 radical (unpaired) electrons. The molecule has 21 heavy (non-hydrogen) atoms. The Balaban J connectivity index is 2.04. The second kappa shape index (κ2) is 5.60. The zero-order valence-electron chi connectivity index (χ0n) is 12.2. The van der Waals surface area contributed by atoms with Crippen LogP contribution < -0.4 is 16.0 Å². The summed E-state index contributed by atoms with van der Waals surface area (Å²) in [6.07, 6.45) is 4.99. The van der Waals surface area contributed by atoms with Gasteiger partial charge in [0, 0.05) is 19.3 Å². The minimum absolute atomic E-state index is 0.0312. The number of nitrogens with two attached hydrogens (primary N) is 1. The van der Waals surface area contributed by atoms with Gasteiger partial charge in [0.05, 0.1) is 5.56 Å². The molecular formula is C15H20N4OS. The number of nitrogens with zero attached hydrogens (tertiary/aromatic N) is 2. The maximum Gasteiger partial charge on any atom is 0.242 e. The van der Waals surface area contributed by atoms with Gasteiger partial charge in [-0.1, -0.05) is 12.2 Å². The van der Waals surface area contributed by atoms with E-state index in [1.807, 2.05) is 0 Å². The fraction of sp³-hybridized carbons (Fsp3) is 0.533. The highest BCUT2D eigenvalue weighted by Crippen LogP contribution is 2.31. The zero-order chi connectivity index (χ0) is 15.0. The van der Waals surface area contributed by atoms with E-state index in [-0.39, 0.29) is 11.9 Å². The number of thiocarbonyl (C=S) groups is 1. The number of carbonyl (C=O) groups is 1. The van der Waals surface area contributed by atoms with E-state index in [1.165, 1.54) is 5.56 Å². The van der Waals surface area contributed by atoms with Crippen molar-refractivity contribution in [1.29, 1.82) is 0 Å². The molecule has 0 saturated carbocycles. The number of hydrogen-bond donors (Lipinski definition) is 2. The maximum atomic E-state index is 12.1. The standard InChI is InChI=1S/C15H20N4OS/c1-17-15(20)12-6-3-7-19(12)14-10(13(16)21)8-9-4-2-5-11(9)18-14/h8,12H,2-7H2,1H3,(H2,16,21)(H,17,20). The Labute approximate surface area is 129 Å². The second-order valence-corrected chi connectivity index (χ2v) is 6.09. The average molecular weight is 304 g/mol. The molecular weight excluding hydrogens is 284 g/mol. The van der Waals surface area contributed by atoms with Crippen LogP contribution in [0.5, 0.6) is 0 Å². The Morgan fingerprint density at radius 2 is 2.29 bits per heavy atom. The quantitative estimate of drug-likeness (QED) is 0.813. The summed E-state index contributed by atoms with van der Waals surface area (Å²) in [6.45, 7) is 0.819. The first-order valence-corrected chi connectivity index (χ1v) is 7.83. The summed E-state index contributed by atoms with van der Waals surface area (Å²) >= 11 is 5.20. The van der Waals surface area contributed by atoms with Crippen LogP contribution in [0.1, 0.15) is 36.1 Å². The highest BCUT2D eigenvalue weighted by atomic mass is 32.1. The summed E-state index contributed by atoms with van der Waals surface area (Å²) in [7, 11) is 1.67. The van der Waals surface area contributed by atoms with Gasteiger partial charge in [0.25, 0.3) is 0 Å². The van der Waals surface area contributed by atoms with Gasteiger partial charge in [-0.25, -0.2) is 4.98 Å². The Bertz CT molecular complexity index is 602. The normalized spacial score (nSPS) is 20.4. The van der Waals surface area contributed by atoms with E-state index >= 15 is 0 Å². The van der Waals surface area contributed by atoms with Gasteiger partial charge >= 0.3 is 0 Å². The van der Waals surface area contributed by atoms with Crippen LogP contribution in [0.15, 0.2) is 6.07 Å². The minimum Gasteiger partial charge on any atom is -0.389 e. The van der Waals surface area contributed by atoms with E-state index in [0.29, 0.717) is 4.99 Å². The fourth-order valence-electron chi connectivity index (χ4n) is 3.32. The van der Waals surface area contributed by atoms with Crippen LogP contribution in [-0.2, 0) is 17.6 Å². The van der Waals surface area contributed by atoms with Crippen molar-refractivity contribution in [3.63, 3.8) is 0 Å². The van der Waals surface area contributed by atoms with Crippen LogP contribution in [0.2, 0.25) is 0 Å². The smallest absolute Gasteiger partial charge is 0.242 e. The van der Waals surface area contributed by atoms with E-state index < -0.39 is 0 Å². The van der Waals surface area contributed by atoms with Crippen LogP contribution in [0.4, 0.5) is 5.82 Å². The number of fused-ring (bicyclic) bond motifs is 1. The number of rotatable bonds is 3. The van der Waals surface area contributed by atoms with Crippen LogP contribution in [0.25, 0.3) is 0 Å². The third kappa shape index (κ3) is 2.48. The highest BCUT2D eigenvalue weighted by Gasteiger charge is 2.33. The highest BCUT2D eigenvalue weighted by molar-refractivity contribution is 7.80. The number of nitrogens with one attached hydrogen (secondary N) is 1. The van der Waals surface area contributed by atoms with Gasteiger partial charge in [0.1, 0.15) is 16.8 Å². The summed E-state index contributed by atoms with van der Waals surface area (Å²) in [6, 6.07) is 1.90. The molecule has 1 saturated heterocycles. The fourth-order valence-corrected chi connectivity index (χ4v) is 3.47. The molecule has 1 aromatic rings. The van der Waals surface area contributed by atoms with E-state index in [0.717, 1.165) is 55.7 Å². The lowest BCUT2D eigenvalue weighted by Crippen LogP contribution is -2.43. The molecule has 1 amide bonds. The van der Waals surface area contributed by atoms with E-state index in [9.17, 15) is 4.79 Å². The Morgan fingerprint density at radius 3 is 3.00 bits per heavy atom. The number of likely N-dealkylation sites (N-methyl/N-ethyl adjacent to an activating group) is 1. The van der Waals surface area contributed by atoms with Gasteiger partial charge in [0.15, 0.2) is 0 Å². The molecule has 0 aromatic carbocycles. The summed E-state index contributed by atoms with van der Waals surface area (Å²) in [4.78, 5) is 19.3. The summed E-state index contributed by atoms with van der Waals surface area (Å²) in [5.74, 6) is 0.818. The number of aromatic nitrogens is 1. The Kier molecular flexibility index (Phi) is 3.80. The number of hydrogen-bond acceptors (Lipinski definition) is 4. The van der Waals surface area contributed by atoms with Crippen LogP contribution in [0.3, 0.4) is 0 Å². The van der Waals surface area contributed by atoms with Gasteiger partial charge in [-0.15, -0.1) is 0 Å². The SMILES string of the molecule is CNC(=O)C1CCCN1c1nc2c(cc1C(N)=S)CCC2. The topological polar surface area (TPSA) is 71.2 Å². The van der Waals surface area contributed by atoms with E-state index in [2.05, 4.69) is 16.3 Å². The molecule has 6 heteroatoms. The molecule has 2 heterocycles. The van der Waals surface area contributed by atoms with Crippen molar-refractivity contribution in [3.8, 4) is 0 Å². The molecule has 2 aliphatic rings. The molecule has 3 N–H and O–H groups in total. The number of anilines is 1. The lowest BCUT2D eigenvalue weighted by molar-refractivity contribution is -0.121. The van der Waals surface area contributed by atoms with Crippen molar-refractivity contribution in [2.24, 2.45) is 5.73 Å². The molecule has 1 unspecified atom stereocenters. The molecule has 5 nitrogen and oxygen atoms in total. The summed E-state index contributed by atoms with van der Waals surface area (Å²) in [5, 5.41) is 2.74. The van der Waals surface area contributed by atoms with Crippen molar-refractivity contribution < 1.29 is 4.79 Å². The molecule has 1 aliphatic carbocycles. The third-order valence-corrected chi connectivity index (χ3v) is 4.59. The monoisotopic (exact) mass is 304 g/mol. The van der Waals surface area contributed by atoms with Crippen molar-refractivity contribution in [2.45, 2.75) is 38.1 Å². The lowest BCUT2D eigenvalue weighted by atomic mass is 10.1. The van der Waals surface area contributed by atoms with Gasteiger partial charge in [0.2, 0.25) is 5.91 Å². The number of aryl methyl sites for hydroxylation is 2. The predicted octanol–water partition coefficient (Wildman–Crippen LogP) is 0.919. The second-order valence-electron chi connectivity index (χ2n) is 5.65. The van der Waals surface area contributed by atoms with Crippen molar-refractivity contribution in [3.05, 3.63) is 22.9 Å². The number of carbonyl (C=O) groups excluding carboxylic acids is 1. The number of amides is 1. The molecule has 1 aromatic heterocycles. The van der Waals surface area contributed by atoms with Crippen molar-refractivity contribution >= 4 is 28.9 Å². The van der Waals surface area contributed by atoms with Gasteiger partial charge in [-0.2, -0.15) is 0 Å². The van der Waals surface area contributed by atoms with Crippen LogP contribution in [-0.4, -0.2) is 35.5 Å². The lowest BCUT2D eigenvalue weighted by Gasteiger charge is -2.27. The Hall–Kier alpha value is -1.69. The first-order chi connectivity index (χ1) is 10.1. The summed E-state index contributed by atoms with van der Waals surface area (Å²) in [5.41, 5.74) is 9.08. The van der Waals surface area contributed by atoms with Crippen molar-refractivity contribution in [1.82, 2.24) is 10.3 Å². The van der Waals surface area contributed by atoms with Crippen molar-refractivity contribution in [2.75, 3.05) is 18.5 Å². The van der Waals surface area contributed by atoms with Gasteiger partial charge in [-0.05, 0) is 43.7 Å². The predicted molar refractivity (Wildman–Crippen MR) is 86.6 cm³/mol. The van der Waals surface area contributed by atoms with Gasteiger partial charge < -0.3 is 16.0 Å². The van der Waals surface area contributed by atoms with Gasteiger partial charge in [-0.3, -0.25) is 4.79 Å². The molecule has 3 rings (SSSR count). The van der Waals surface area contributed by atoms with E-state index in [4.69, 9.17) is 22.9 Å². The zero-order valence-corrected chi connectivity index (χ0v) is 13.0. The molecule has 0 bridgehead atoms. The number of pyridine rings is 1. The van der Waals surface area contributed by atoms with E-state index in [1.54, 1.807) is 7.05 Å². The molecule has 1 aliphatic heterocycles. The maximum absolute atomic E-state index is 12.1. The summed E-state index contributed by atoms with van der Waals surface area (Å²) < 4.78 is 0. The first kappa shape index (κ1) is 14.3. The minimum atomic E-state index is -0.171. The third-order valence-electron chi connectivity index (χ3n) is 4.37. The molecule has 1 fully saturated rings. The first-order valence-electron chi connectivity index (χ1n) is 7.42. The largest absolute Gasteiger partial charge is 0.389 e. The Morgan fingerprint density at radius 1 is 1.48 bits per heavy atom. The molecule has 0 spiro atoms. The van der Waals surface area contributed by atoms with Crippen LogP contribution >= 0.6 is 12.2 Å². The molecule has 1 atom stereocenters. The van der Waals surface area contributed by atoms with Crippen LogP contribution in [0, 0.1) is 0 Å². The average Bonchev–Trinajstić information content (AvgIpc) is 3.12. The molecule has 112 valence electrons.